The maximum atomic E-state index is 13.5. The van der Waals surface area contributed by atoms with Crippen LogP contribution < -0.4 is 0 Å². The van der Waals surface area contributed by atoms with Crippen molar-refractivity contribution in [2.24, 2.45) is 5.92 Å². The third-order valence-electron chi connectivity index (χ3n) is 6.09. The molecule has 3 aromatic rings. The van der Waals surface area contributed by atoms with Crippen molar-refractivity contribution in [3.8, 4) is 11.3 Å². The predicted molar refractivity (Wildman–Crippen MR) is 118 cm³/mol. The van der Waals surface area contributed by atoms with Crippen LogP contribution in [0.4, 0.5) is 0 Å². The van der Waals surface area contributed by atoms with Crippen molar-refractivity contribution in [2.75, 3.05) is 26.3 Å². The minimum Gasteiger partial charge on any atom is -0.350 e. The van der Waals surface area contributed by atoms with Crippen LogP contribution >= 0.6 is 0 Å². The van der Waals surface area contributed by atoms with Crippen LogP contribution in [0.15, 0.2) is 66.9 Å². The molecule has 2 saturated heterocycles. The molecule has 3 heterocycles. The van der Waals surface area contributed by atoms with E-state index < -0.39 is 0 Å². The highest BCUT2D eigenvalue weighted by Crippen LogP contribution is 2.29. The number of hydrogen-bond acceptors (Lipinski definition) is 4. The zero-order valence-corrected chi connectivity index (χ0v) is 17.5. The highest BCUT2D eigenvalue weighted by molar-refractivity contribution is 5.99. The highest BCUT2D eigenvalue weighted by atomic mass is 16.7. The standard InChI is InChI=1S/C25H27N3O3/c29-24(27-13-11-21(12-14-27)25-30-15-16-31-25)22-18-28(17-19-7-3-1-4-8-19)26-23(22)20-9-5-2-6-10-20/h1-10,18,21,25H,11-17H2. The second-order valence-corrected chi connectivity index (χ2v) is 8.18. The summed E-state index contributed by atoms with van der Waals surface area (Å²) in [5.41, 5.74) is 3.52. The van der Waals surface area contributed by atoms with Gasteiger partial charge in [0, 0.05) is 30.8 Å². The van der Waals surface area contributed by atoms with Gasteiger partial charge in [-0.2, -0.15) is 5.10 Å². The molecule has 2 fully saturated rings. The van der Waals surface area contributed by atoms with E-state index in [9.17, 15) is 4.79 Å². The zero-order chi connectivity index (χ0) is 21.0. The molecule has 0 bridgehead atoms. The molecule has 0 unspecified atom stereocenters. The first-order valence-corrected chi connectivity index (χ1v) is 11.0. The molecule has 5 rings (SSSR count). The third kappa shape index (κ3) is 4.40. The number of amides is 1. The summed E-state index contributed by atoms with van der Waals surface area (Å²) in [5.74, 6) is 0.408. The molecule has 31 heavy (non-hydrogen) atoms. The van der Waals surface area contributed by atoms with Gasteiger partial charge in [0.05, 0.1) is 25.3 Å². The number of piperidine rings is 1. The van der Waals surface area contributed by atoms with Crippen LogP contribution in [0.25, 0.3) is 11.3 Å². The summed E-state index contributed by atoms with van der Waals surface area (Å²) in [6, 6.07) is 20.1. The first-order chi connectivity index (χ1) is 15.3. The smallest absolute Gasteiger partial charge is 0.257 e. The van der Waals surface area contributed by atoms with Gasteiger partial charge in [0.15, 0.2) is 6.29 Å². The molecule has 160 valence electrons. The Kier molecular flexibility index (Phi) is 5.82. The number of ether oxygens (including phenoxy) is 2. The van der Waals surface area contributed by atoms with Crippen molar-refractivity contribution in [1.29, 1.82) is 0 Å². The molecule has 0 atom stereocenters. The molecule has 2 aliphatic heterocycles. The Hall–Kier alpha value is -2.96. The number of nitrogens with zero attached hydrogens (tertiary/aromatic N) is 3. The summed E-state index contributed by atoms with van der Waals surface area (Å²) in [6.07, 6.45) is 3.59. The Bertz CT molecular complexity index is 1010. The average molecular weight is 418 g/mol. The molecule has 2 aliphatic rings. The lowest BCUT2D eigenvalue weighted by atomic mass is 9.95. The van der Waals surface area contributed by atoms with Gasteiger partial charge in [-0.05, 0) is 18.4 Å². The van der Waals surface area contributed by atoms with E-state index in [1.807, 2.05) is 64.3 Å². The fraction of sp³-hybridized carbons (Fsp3) is 0.360. The van der Waals surface area contributed by atoms with Crippen LogP contribution in [0.3, 0.4) is 0 Å². The minimum absolute atomic E-state index is 0.0462. The van der Waals surface area contributed by atoms with Gasteiger partial charge in [-0.25, -0.2) is 0 Å². The predicted octanol–water partition coefficient (Wildman–Crippen LogP) is 3.82. The molecule has 6 heteroatoms. The molecule has 0 N–H and O–H groups in total. The van der Waals surface area contributed by atoms with E-state index in [1.54, 1.807) is 0 Å². The van der Waals surface area contributed by atoms with E-state index in [0.29, 0.717) is 44.3 Å². The Morgan fingerprint density at radius 3 is 2.26 bits per heavy atom. The van der Waals surface area contributed by atoms with Gasteiger partial charge in [-0.15, -0.1) is 0 Å². The van der Waals surface area contributed by atoms with Gasteiger partial charge >= 0.3 is 0 Å². The fourth-order valence-corrected chi connectivity index (χ4v) is 4.43. The number of benzene rings is 2. The van der Waals surface area contributed by atoms with E-state index in [4.69, 9.17) is 14.6 Å². The van der Waals surface area contributed by atoms with Gasteiger partial charge in [-0.3, -0.25) is 9.48 Å². The zero-order valence-electron chi connectivity index (χ0n) is 17.5. The number of rotatable bonds is 5. The maximum Gasteiger partial charge on any atom is 0.257 e. The number of hydrogen-bond donors (Lipinski definition) is 0. The molecule has 1 aromatic heterocycles. The van der Waals surface area contributed by atoms with Crippen LogP contribution in [0.5, 0.6) is 0 Å². The van der Waals surface area contributed by atoms with E-state index in [1.165, 1.54) is 0 Å². The molecule has 1 amide bonds. The van der Waals surface area contributed by atoms with Crippen LogP contribution in [-0.2, 0) is 16.0 Å². The van der Waals surface area contributed by atoms with E-state index >= 15 is 0 Å². The number of likely N-dealkylation sites (tertiary alicyclic amines) is 1. The summed E-state index contributed by atoms with van der Waals surface area (Å²) in [7, 11) is 0. The largest absolute Gasteiger partial charge is 0.350 e. The number of carbonyl (C=O) groups excluding carboxylic acids is 1. The lowest BCUT2D eigenvalue weighted by Crippen LogP contribution is -2.41. The van der Waals surface area contributed by atoms with Crippen molar-refractivity contribution in [2.45, 2.75) is 25.7 Å². The number of carbonyl (C=O) groups is 1. The van der Waals surface area contributed by atoms with Gasteiger partial charge in [0.1, 0.15) is 5.69 Å². The van der Waals surface area contributed by atoms with Crippen molar-refractivity contribution in [1.82, 2.24) is 14.7 Å². The lowest BCUT2D eigenvalue weighted by molar-refractivity contribution is -0.0956. The molecular weight excluding hydrogens is 390 g/mol. The molecule has 0 saturated carbocycles. The Balaban J connectivity index is 1.37. The van der Waals surface area contributed by atoms with Crippen molar-refractivity contribution in [3.05, 3.63) is 78.0 Å². The van der Waals surface area contributed by atoms with Gasteiger partial charge in [0.2, 0.25) is 0 Å². The molecule has 0 aliphatic carbocycles. The van der Waals surface area contributed by atoms with Crippen LogP contribution in [0, 0.1) is 5.92 Å². The summed E-state index contributed by atoms with van der Waals surface area (Å²) in [4.78, 5) is 15.4. The normalized spacial score (nSPS) is 17.9. The fourth-order valence-electron chi connectivity index (χ4n) is 4.43. The Morgan fingerprint density at radius 1 is 0.935 bits per heavy atom. The van der Waals surface area contributed by atoms with Crippen molar-refractivity contribution in [3.63, 3.8) is 0 Å². The monoisotopic (exact) mass is 417 g/mol. The first kappa shape index (κ1) is 20.0. The number of aromatic nitrogens is 2. The molecule has 2 aromatic carbocycles. The molecule has 6 nitrogen and oxygen atoms in total. The summed E-state index contributed by atoms with van der Waals surface area (Å²) < 4.78 is 13.2. The Morgan fingerprint density at radius 2 is 1.58 bits per heavy atom. The quantitative estimate of drug-likeness (QED) is 0.633. The third-order valence-corrected chi connectivity index (χ3v) is 6.09. The average Bonchev–Trinajstić information content (AvgIpc) is 3.51. The van der Waals surface area contributed by atoms with Crippen molar-refractivity contribution < 1.29 is 14.3 Å². The van der Waals surface area contributed by atoms with Gasteiger partial charge in [0.25, 0.3) is 5.91 Å². The Labute approximate surface area is 182 Å². The van der Waals surface area contributed by atoms with E-state index in [2.05, 4.69) is 12.1 Å². The van der Waals surface area contributed by atoms with Crippen LogP contribution in [0.1, 0.15) is 28.8 Å². The highest BCUT2D eigenvalue weighted by Gasteiger charge is 2.33. The summed E-state index contributed by atoms with van der Waals surface area (Å²) in [6.45, 7) is 3.40. The van der Waals surface area contributed by atoms with Crippen LogP contribution in [-0.4, -0.2) is 53.2 Å². The lowest BCUT2D eigenvalue weighted by Gasteiger charge is -2.33. The summed E-state index contributed by atoms with van der Waals surface area (Å²) >= 11 is 0. The SMILES string of the molecule is O=C(c1cn(Cc2ccccc2)nc1-c1ccccc1)N1CCC(C2OCCO2)CC1. The topological polar surface area (TPSA) is 56.6 Å². The van der Waals surface area contributed by atoms with E-state index in [-0.39, 0.29) is 12.2 Å². The molecule has 0 spiro atoms. The first-order valence-electron chi connectivity index (χ1n) is 11.0. The second-order valence-electron chi connectivity index (χ2n) is 8.18. The minimum atomic E-state index is -0.106. The summed E-state index contributed by atoms with van der Waals surface area (Å²) in [5, 5.41) is 4.80. The molecular formula is C25H27N3O3. The maximum absolute atomic E-state index is 13.5. The van der Waals surface area contributed by atoms with Crippen molar-refractivity contribution >= 4 is 5.91 Å². The molecule has 0 radical (unpaired) electrons. The van der Waals surface area contributed by atoms with E-state index in [0.717, 1.165) is 29.7 Å². The second kappa shape index (κ2) is 9.04. The van der Waals surface area contributed by atoms with Gasteiger partial charge < -0.3 is 14.4 Å². The van der Waals surface area contributed by atoms with Crippen LogP contribution in [0.2, 0.25) is 0 Å². The van der Waals surface area contributed by atoms with Gasteiger partial charge in [-0.1, -0.05) is 60.7 Å².